The van der Waals surface area contributed by atoms with Crippen molar-refractivity contribution in [1.82, 2.24) is 9.97 Å². The van der Waals surface area contributed by atoms with E-state index in [-0.39, 0.29) is 11.0 Å². The highest BCUT2D eigenvalue weighted by molar-refractivity contribution is 14.1. The quantitative estimate of drug-likeness (QED) is 0.793. The molecule has 1 N–H and O–H groups in total. The first kappa shape index (κ1) is 12.8. The lowest BCUT2D eigenvalue weighted by atomic mass is 9.92. The Hall–Kier alpha value is -0.690. The van der Waals surface area contributed by atoms with E-state index in [1.165, 1.54) is 0 Å². The topological polar surface area (TPSA) is 45.8 Å². The van der Waals surface area contributed by atoms with Crippen LogP contribution in [0.3, 0.4) is 0 Å². The number of rotatable bonds is 1. The number of nitrogens with one attached hydrogen (secondary N) is 1. The van der Waals surface area contributed by atoms with Gasteiger partial charge in [-0.3, -0.25) is 4.79 Å². The Morgan fingerprint density at radius 1 is 1.41 bits per heavy atom. The van der Waals surface area contributed by atoms with Gasteiger partial charge in [-0.1, -0.05) is 26.8 Å². The Bertz CT molecular complexity index is 582. The van der Waals surface area contributed by atoms with E-state index < -0.39 is 0 Å². The second-order valence-corrected chi connectivity index (χ2v) is 6.83. The summed E-state index contributed by atoms with van der Waals surface area (Å²) in [5, 5.41) is 1.98. The van der Waals surface area contributed by atoms with Gasteiger partial charge < -0.3 is 4.98 Å². The van der Waals surface area contributed by atoms with Crippen molar-refractivity contribution < 1.29 is 0 Å². The highest BCUT2D eigenvalue weighted by Gasteiger charge is 2.22. The van der Waals surface area contributed by atoms with Gasteiger partial charge in [0.15, 0.2) is 5.82 Å². The smallest absolute Gasteiger partial charge is 0.264 e. The molecule has 0 aliphatic heterocycles. The van der Waals surface area contributed by atoms with Crippen molar-refractivity contribution in [2.45, 2.75) is 26.2 Å². The first-order valence-corrected chi connectivity index (χ1v) is 7.19. The fourth-order valence-corrected chi connectivity index (χ4v) is 3.22. The maximum absolute atomic E-state index is 11.9. The number of aromatic amines is 1. The molecule has 3 nitrogen and oxygen atoms in total. The molecule has 0 atom stereocenters. The maximum atomic E-state index is 11.9. The normalized spacial score (nSPS) is 11.8. The molecule has 0 saturated heterocycles. The van der Waals surface area contributed by atoms with E-state index in [1.54, 1.807) is 11.3 Å². The van der Waals surface area contributed by atoms with Crippen LogP contribution >= 0.6 is 33.9 Å². The highest BCUT2D eigenvalue weighted by atomic mass is 127. The summed E-state index contributed by atoms with van der Waals surface area (Å²) in [4.78, 5) is 20.3. The van der Waals surface area contributed by atoms with Gasteiger partial charge in [0.25, 0.3) is 5.56 Å². The summed E-state index contributed by atoms with van der Waals surface area (Å²) in [5.41, 5.74) is 0.663. The molecule has 0 aliphatic carbocycles. The number of nitrogens with zero attached hydrogens (tertiary/aromatic N) is 1. The average Bonchev–Trinajstić information content (AvgIpc) is 2.73. The fourth-order valence-electron chi connectivity index (χ4n) is 1.49. The minimum Gasteiger partial charge on any atom is -0.305 e. The summed E-state index contributed by atoms with van der Waals surface area (Å²) >= 11 is 3.64. The largest absolute Gasteiger partial charge is 0.305 e. The monoisotopic (exact) mass is 360 g/mol. The molecule has 0 spiro atoms. The van der Waals surface area contributed by atoms with Gasteiger partial charge in [-0.05, 0) is 34.0 Å². The second-order valence-electron chi connectivity index (χ2n) is 4.80. The SMILES string of the molecule is CC(C)(C)c1nc(-c2cccs2)[nH]c(=O)c1I. The van der Waals surface area contributed by atoms with E-state index in [2.05, 4.69) is 53.3 Å². The van der Waals surface area contributed by atoms with Crippen molar-refractivity contribution in [3.05, 3.63) is 37.1 Å². The van der Waals surface area contributed by atoms with Gasteiger partial charge in [0.1, 0.15) is 3.57 Å². The molecular weight excluding hydrogens is 347 g/mol. The molecule has 90 valence electrons. The summed E-state index contributed by atoms with van der Waals surface area (Å²) in [7, 11) is 0. The average molecular weight is 360 g/mol. The predicted octanol–water partition coefficient (Wildman–Crippen LogP) is 3.40. The van der Waals surface area contributed by atoms with Crippen molar-refractivity contribution in [1.29, 1.82) is 0 Å². The zero-order valence-corrected chi connectivity index (χ0v) is 12.8. The van der Waals surface area contributed by atoms with Crippen LogP contribution in [-0.4, -0.2) is 9.97 Å². The molecule has 2 heterocycles. The first-order chi connectivity index (χ1) is 7.89. The molecule has 5 heteroatoms. The summed E-state index contributed by atoms with van der Waals surface area (Å²) in [6.45, 7) is 6.19. The molecule has 0 aliphatic rings. The van der Waals surface area contributed by atoms with Crippen molar-refractivity contribution in [2.75, 3.05) is 0 Å². The maximum Gasteiger partial charge on any atom is 0.264 e. The standard InChI is InChI=1S/C12H13IN2OS/c1-12(2,3)9-8(13)11(16)15-10(14-9)7-5-4-6-17-7/h4-6H,1-3H3,(H,14,15,16). The van der Waals surface area contributed by atoms with Gasteiger partial charge in [-0.25, -0.2) is 4.98 Å². The molecule has 0 radical (unpaired) electrons. The first-order valence-electron chi connectivity index (χ1n) is 5.24. The fraction of sp³-hybridized carbons (Fsp3) is 0.333. The van der Waals surface area contributed by atoms with Gasteiger partial charge in [0.2, 0.25) is 0 Å². The van der Waals surface area contributed by atoms with E-state index in [0.717, 1.165) is 10.6 Å². The Kier molecular flexibility index (Phi) is 3.40. The van der Waals surface area contributed by atoms with Crippen LogP contribution in [0.4, 0.5) is 0 Å². The molecule has 2 aromatic heterocycles. The van der Waals surface area contributed by atoms with Crippen LogP contribution in [-0.2, 0) is 5.41 Å². The van der Waals surface area contributed by atoms with Crippen molar-refractivity contribution in [2.24, 2.45) is 0 Å². The number of aromatic nitrogens is 2. The van der Waals surface area contributed by atoms with Crippen LogP contribution in [0, 0.1) is 3.57 Å². The Labute approximate surface area is 117 Å². The van der Waals surface area contributed by atoms with Crippen LogP contribution in [0.25, 0.3) is 10.7 Å². The zero-order valence-electron chi connectivity index (χ0n) is 9.87. The number of H-pyrrole nitrogens is 1. The molecule has 0 unspecified atom stereocenters. The lowest BCUT2D eigenvalue weighted by Gasteiger charge is -2.19. The highest BCUT2D eigenvalue weighted by Crippen LogP contribution is 2.26. The lowest BCUT2D eigenvalue weighted by molar-refractivity contribution is 0.562. The van der Waals surface area contributed by atoms with Crippen LogP contribution in [0.2, 0.25) is 0 Å². The lowest BCUT2D eigenvalue weighted by Crippen LogP contribution is -2.24. The molecule has 2 rings (SSSR count). The van der Waals surface area contributed by atoms with Crippen molar-refractivity contribution in [3.63, 3.8) is 0 Å². The van der Waals surface area contributed by atoms with Gasteiger partial charge in [-0.2, -0.15) is 0 Å². The number of thiophene rings is 1. The van der Waals surface area contributed by atoms with E-state index in [1.807, 2.05) is 17.5 Å². The Morgan fingerprint density at radius 3 is 2.65 bits per heavy atom. The minimum absolute atomic E-state index is 0.0612. The van der Waals surface area contributed by atoms with E-state index in [4.69, 9.17) is 0 Å². The van der Waals surface area contributed by atoms with Crippen LogP contribution in [0.1, 0.15) is 26.5 Å². The van der Waals surface area contributed by atoms with Crippen LogP contribution in [0.15, 0.2) is 22.3 Å². The Morgan fingerprint density at radius 2 is 2.12 bits per heavy atom. The van der Waals surface area contributed by atoms with Crippen LogP contribution in [0.5, 0.6) is 0 Å². The van der Waals surface area contributed by atoms with E-state index in [9.17, 15) is 4.79 Å². The number of hydrogen-bond donors (Lipinski definition) is 1. The molecule has 2 aromatic rings. The van der Waals surface area contributed by atoms with Gasteiger partial charge in [0.05, 0.1) is 10.6 Å². The van der Waals surface area contributed by atoms with Gasteiger partial charge in [0, 0.05) is 5.41 Å². The van der Waals surface area contributed by atoms with Crippen LogP contribution < -0.4 is 5.56 Å². The molecule has 0 fully saturated rings. The Balaban J connectivity index is 2.67. The summed E-state index contributed by atoms with van der Waals surface area (Å²) in [6, 6.07) is 3.91. The molecule has 0 amide bonds. The summed E-state index contributed by atoms with van der Waals surface area (Å²) in [6.07, 6.45) is 0. The molecule has 0 saturated carbocycles. The molecular formula is C12H13IN2OS. The number of hydrogen-bond acceptors (Lipinski definition) is 3. The molecule has 0 aromatic carbocycles. The zero-order chi connectivity index (χ0) is 12.6. The second kappa shape index (κ2) is 4.53. The third kappa shape index (κ3) is 2.60. The van der Waals surface area contributed by atoms with Crippen molar-refractivity contribution >= 4 is 33.9 Å². The van der Waals surface area contributed by atoms with Crippen molar-refractivity contribution in [3.8, 4) is 10.7 Å². The minimum atomic E-state index is -0.128. The van der Waals surface area contributed by atoms with E-state index >= 15 is 0 Å². The summed E-state index contributed by atoms with van der Waals surface area (Å²) in [5.74, 6) is 0.662. The van der Waals surface area contributed by atoms with Gasteiger partial charge >= 0.3 is 0 Å². The van der Waals surface area contributed by atoms with E-state index in [0.29, 0.717) is 9.39 Å². The third-order valence-corrected chi connectivity index (χ3v) is 4.21. The number of halogens is 1. The van der Waals surface area contributed by atoms with Gasteiger partial charge in [-0.15, -0.1) is 11.3 Å². The molecule has 0 bridgehead atoms. The summed E-state index contributed by atoms with van der Waals surface area (Å²) < 4.78 is 0.676. The third-order valence-electron chi connectivity index (χ3n) is 2.33. The predicted molar refractivity (Wildman–Crippen MR) is 79.6 cm³/mol. The molecule has 17 heavy (non-hydrogen) atoms.